The first-order valence-corrected chi connectivity index (χ1v) is 5.44. The molecule has 16 heavy (non-hydrogen) atoms. The summed E-state index contributed by atoms with van der Waals surface area (Å²) in [6, 6.07) is 0. The van der Waals surface area contributed by atoms with E-state index in [-0.39, 0.29) is 11.9 Å². The topological polar surface area (TPSA) is 46.6 Å². The minimum atomic E-state index is -0.486. The SMILES string of the molecule is CCOC(=O)C(/C(C=O)=C/N(C)C)C(C)C. The zero-order valence-corrected chi connectivity index (χ0v) is 10.7. The van der Waals surface area contributed by atoms with E-state index in [0.717, 1.165) is 6.29 Å². The Morgan fingerprint density at radius 3 is 2.25 bits per heavy atom. The molecule has 4 heteroatoms. The predicted octanol–water partition coefficient (Wildman–Crippen LogP) is 1.47. The van der Waals surface area contributed by atoms with Crippen molar-refractivity contribution in [3.8, 4) is 0 Å². The van der Waals surface area contributed by atoms with Gasteiger partial charge in [-0.3, -0.25) is 9.59 Å². The summed E-state index contributed by atoms with van der Waals surface area (Å²) in [4.78, 5) is 24.5. The van der Waals surface area contributed by atoms with Gasteiger partial charge in [0.05, 0.1) is 12.5 Å². The van der Waals surface area contributed by atoms with E-state index in [1.165, 1.54) is 0 Å². The molecule has 4 nitrogen and oxygen atoms in total. The molecular weight excluding hydrogens is 206 g/mol. The van der Waals surface area contributed by atoms with Gasteiger partial charge in [-0.2, -0.15) is 0 Å². The number of carbonyl (C=O) groups excluding carboxylic acids is 2. The van der Waals surface area contributed by atoms with Crippen LogP contribution in [0.2, 0.25) is 0 Å². The fraction of sp³-hybridized carbons (Fsp3) is 0.667. The van der Waals surface area contributed by atoms with Crippen molar-refractivity contribution in [3.63, 3.8) is 0 Å². The van der Waals surface area contributed by atoms with Gasteiger partial charge in [-0.15, -0.1) is 0 Å². The van der Waals surface area contributed by atoms with E-state index in [9.17, 15) is 9.59 Å². The quantitative estimate of drug-likeness (QED) is 0.391. The average molecular weight is 227 g/mol. The summed E-state index contributed by atoms with van der Waals surface area (Å²) in [7, 11) is 3.62. The van der Waals surface area contributed by atoms with Crippen molar-refractivity contribution in [2.45, 2.75) is 20.8 Å². The van der Waals surface area contributed by atoms with Gasteiger partial charge < -0.3 is 9.64 Å². The number of nitrogens with zero attached hydrogens (tertiary/aromatic N) is 1. The molecule has 0 aliphatic rings. The fourth-order valence-electron chi connectivity index (χ4n) is 1.51. The van der Waals surface area contributed by atoms with Crippen molar-refractivity contribution in [1.29, 1.82) is 0 Å². The van der Waals surface area contributed by atoms with E-state index in [0.29, 0.717) is 12.2 Å². The highest BCUT2D eigenvalue weighted by Gasteiger charge is 2.27. The number of carbonyl (C=O) groups is 2. The van der Waals surface area contributed by atoms with Gasteiger partial charge in [0.2, 0.25) is 0 Å². The zero-order valence-electron chi connectivity index (χ0n) is 10.7. The van der Waals surface area contributed by atoms with Gasteiger partial charge in [0.15, 0.2) is 0 Å². The third kappa shape index (κ3) is 4.47. The Kier molecular flexibility index (Phi) is 6.46. The van der Waals surface area contributed by atoms with Crippen molar-refractivity contribution < 1.29 is 14.3 Å². The van der Waals surface area contributed by atoms with Crippen LogP contribution in [0, 0.1) is 11.8 Å². The molecule has 0 spiro atoms. The maximum atomic E-state index is 11.7. The highest BCUT2D eigenvalue weighted by molar-refractivity contribution is 5.87. The molecule has 0 rings (SSSR count). The summed E-state index contributed by atoms with van der Waals surface area (Å²) in [6.45, 7) is 5.88. The van der Waals surface area contributed by atoms with Gasteiger partial charge in [0.1, 0.15) is 6.29 Å². The van der Waals surface area contributed by atoms with Gasteiger partial charge in [-0.1, -0.05) is 13.8 Å². The summed E-state index contributed by atoms with van der Waals surface area (Å²) in [5, 5.41) is 0. The third-order valence-electron chi connectivity index (χ3n) is 2.11. The monoisotopic (exact) mass is 227 g/mol. The molecule has 1 unspecified atom stereocenters. The molecular formula is C12H21NO3. The minimum absolute atomic E-state index is 0.0375. The Labute approximate surface area is 97.3 Å². The summed E-state index contributed by atoms with van der Waals surface area (Å²) >= 11 is 0. The van der Waals surface area contributed by atoms with Gasteiger partial charge in [0, 0.05) is 25.9 Å². The summed E-state index contributed by atoms with van der Waals surface area (Å²) in [5.41, 5.74) is 0.457. The standard InChI is InChI=1S/C12H21NO3/c1-6-16-12(15)11(9(2)3)10(8-14)7-13(4)5/h7-9,11H,6H2,1-5H3/b10-7+. The lowest BCUT2D eigenvalue weighted by molar-refractivity contribution is -0.148. The number of esters is 1. The van der Waals surface area contributed by atoms with Crippen molar-refractivity contribution >= 4 is 12.3 Å². The first-order chi connectivity index (χ1) is 7.43. The van der Waals surface area contributed by atoms with Gasteiger partial charge in [0.25, 0.3) is 0 Å². The summed E-state index contributed by atoms with van der Waals surface area (Å²) in [6.07, 6.45) is 2.39. The number of hydrogen-bond acceptors (Lipinski definition) is 4. The third-order valence-corrected chi connectivity index (χ3v) is 2.11. The van der Waals surface area contributed by atoms with Crippen LogP contribution in [0.5, 0.6) is 0 Å². The van der Waals surface area contributed by atoms with E-state index in [2.05, 4.69) is 0 Å². The largest absolute Gasteiger partial charge is 0.466 e. The Balaban J connectivity index is 5.01. The van der Waals surface area contributed by atoms with Crippen LogP contribution in [-0.2, 0) is 14.3 Å². The molecule has 0 aliphatic heterocycles. The smallest absolute Gasteiger partial charge is 0.313 e. The normalized spacial score (nSPS) is 13.5. The molecule has 1 atom stereocenters. The summed E-state index contributed by atoms with van der Waals surface area (Å²) < 4.78 is 4.97. The number of hydrogen-bond donors (Lipinski definition) is 0. The van der Waals surface area contributed by atoms with Crippen LogP contribution in [0.15, 0.2) is 11.8 Å². The molecule has 0 aromatic rings. The van der Waals surface area contributed by atoms with Crippen LogP contribution < -0.4 is 0 Å². The van der Waals surface area contributed by atoms with Crippen LogP contribution >= 0.6 is 0 Å². The molecule has 0 radical (unpaired) electrons. The molecule has 0 saturated carbocycles. The summed E-state index contributed by atoms with van der Waals surface area (Å²) in [5.74, 6) is -0.784. The second kappa shape index (κ2) is 7.04. The molecule has 0 aromatic heterocycles. The molecule has 0 aliphatic carbocycles. The van der Waals surface area contributed by atoms with Crippen molar-refractivity contribution in [2.75, 3.05) is 20.7 Å². The number of rotatable bonds is 6. The first kappa shape index (κ1) is 14.7. The lowest BCUT2D eigenvalue weighted by Gasteiger charge is -2.20. The molecule has 0 aromatic carbocycles. The Bertz CT molecular complexity index is 269. The molecule has 0 saturated heterocycles. The Morgan fingerprint density at radius 1 is 1.38 bits per heavy atom. The highest BCUT2D eigenvalue weighted by Crippen LogP contribution is 2.21. The fourth-order valence-corrected chi connectivity index (χ4v) is 1.51. The molecule has 0 heterocycles. The lowest BCUT2D eigenvalue weighted by Crippen LogP contribution is -2.26. The molecule has 0 amide bonds. The van der Waals surface area contributed by atoms with Crippen molar-refractivity contribution in [3.05, 3.63) is 11.8 Å². The van der Waals surface area contributed by atoms with E-state index in [1.807, 2.05) is 27.9 Å². The lowest BCUT2D eigenvalue weighted by atomic mass is 9.89. The van der Waals surface area contributed by atoms with Crippen molar-refractivity contribution in [2.24, 2.45) is 11.8 Å². The first-order valence-electron chi connectivity index (χ1n) is 5.44. The van der Waals surface area contributed by atoms with E-state index in [1.54, 1.807) is 18.0 Å². The van der Waals surface area contributed by atoms with Crippen LogP contribution in [-0.4, -0.2) is 37.9 Å². The second-order valence-corrected chi connectivity index (χ2v) is 4.18. The van der Waals surface area contributed by atoms with E-state index >= 15 is 0 Å². The van der Waals surface area contributed by atoms with Crippen LogP contribution in [0.1, 0.15) is 20.8 Å². The predicted molar refractivity (Wildman–Crippen MR) is 62.8 cm³/mol. The van der Waals surface area contributed by atoms with Gasteiger partial charge in [-0.25, -0.2) is 0 Å². The number of aldehydes is 1. The van der Waals surface area contributed by atoms with E-state index in [4.69, 9.17) is 4.74 Å². The second-order valence-electron chi connectivity index (χ2n) is 4.18. The highest BCUT2D eigenvalue weighted by atomic mass is 16.5. The van der Waals surface area contributed by atoms with Gasteiger partial charge >= 0.3 is 5.97 Å². The minimum Gasteiger partial charge on any atom is -0.466 e. The zero-order chi connectivity index (χ0) is 12.7. The van der Waals surface area contributed by atoms with Gasteiger partial charge in [-0.05, 0) is 12.8 Å². The molecule has 0 N–H and O–H groups in total. The molecule has 92 valence electrons. The maximum absolute atomic E-state index is 11.7. The van der Waals surface area contributed by atoms with Crippen LogP contribution in [0.3, 0.4) is 0 Å². The Morgan fingerprint density at radius 2 is 1.94 bits per heavy atom. The number of ether oxygens (including phenoxy) is 1. The molecule has 0 fully saturated rings. The maximum Gasteiger partial charge on any atom is 0.313 e. The van der Waals surface area contributed by atoms with Crippen LogP contribution in [0.25, 0.3) is 0 Å². The Hall–Kier alpha value is -1.32. The molecule has 0 bridgehead atoms. The van der Waals surface area contributed by atoms with Crippen LogP contribution in [0.4, 0.5) is 0 Å². The van der Waals surface area contributed by atoms with Crippen molar-refractivity contribution in [1.82, 2.24) is 4.90 Å². The van der Waals surface area contributed by atoms with E-state index < -0.39 is 5.92 Å². The average Bonchev–Trinajstić information content (AvgIpc) is 2.15.